The Kier molecular flexibility index (Phi) is 5.45. The molecule has 0 radical (unpaired) electrons. The number of hydrogen-bond donors (Lipinski definition) is 4. The topological polar surface area (TPSA) is 60.6 Å². The molecule has 0 amide bonds. The van der Waals surface area contributed by atoms with Crippen LogP contribution in [-0.4, -0.2) is 57.7 Å². The molecular weight excluding hydrogens is 326 g/mol. The van der Waals surface area contributed by atoms with Crippen LogP contribution in [0.5, 0.6) is 5.75 Å². The Morgan fingerprint density at radius 3 is 3.08 bits per heavy atom. The van der Waals surface area contributed by atoms with Gasteiger partial charge in [-0.3, -0.25) is 10.6 Å². The number of allylic oxidation sites excluding steroid dienone is 1. The van der Waals surface area contributed by atoms with Gasteiger partial charge in [0.15, 0.2) is 0 Å². The van der Waals surface area contributed by atoms with Gasteiger partial charge in [0.25, 0.3) is 0 Å². The van der Waals surface area contributed by atoms with Gasteiger partial charge in [0.2, 0.25) is 0 Å². The molecule has 1 aromatic carbocycles. The van der Waals surface area contributed by atoms with Crippen LogP contribution in [0.2, 0.25) is 0 Å². The average Bonchev–Trinajstić information content (AvgIpc) is 3.02. The number of hydrogen-bond acceptors (Lipinski definition) is 6. The highest BCUT2D eigenvalue weighted by Gasteiger charge is 2.23. The van der Waals surface area contributed by atoms with Gasteiger partial charge in [-0.2, -0.15) is 0 Å². The van der Waals surface area contributed by atoms with Crippen molar-refractivity contribution in [2.24, 2.45) is 0 Å². The largest absolute Gasteiger partial charge is 0.492 e. The van der Waals surface area contributed by atoms with Crippen LogP contribution in [-0.2, 0) is 6.42 Å². The summed E-state index contributed by atoms with van der Waals surface area (Å²) in [6.45, 7) is 3.95. The van der Waals surface area contributed by atoms with E-state index in [-0.39, 0.29) is 6.29 Å². The molecule has 3 heterocycles. The standard InChI is InChI=1S/C20H31N5O/c1-21-18-5-8-22-20(24-18)23-16-12-15-7-11-26-19(15)17(13-16)14-4-3-9-25(2)10-6-14/h6,12-13,18,20-24H,3-5,7-11H2,1-2H3. The van der Waals surface area contributed by atoms with Gasteiger partial charge in [-0.05, 0) is 57.6 Å². The molecule has 0 spiro atoms. The number of benzene rings is 1. The van der Waals surface area contributed by atoms with Crippen molar-refractivity contribution in [1.82, 2.24) is 20.9 Å². The predicted molar refractivity (Wildman–Crippen MR) is 106 cm³/mol. The van der Waals surface area contributed by atoms with E-state index < -0.39 is 0 Å². The van der Waals surface area contributed by atoms with Crippen LogP contribution in [0, 0.1) is 0 Å². The van der Waals surface area contributed by atoms with E-state index in [0.29, 0.717) is 6.17 Å². The Bertz CT molecular complexity index is 674. The SMILES string of the molecule is CNC1CCNC(Nc2cc3c(c(C4=CCN(C)CCC4)c2)OCC3)N1. The van der Waals surface area contributed by atoms with E-state index in [9.17, 15) is 0 Å². The lowest BCUT2D eigenvalue weighted by Gasteiger charge is -2.33. The minimum atomic E-state index is 0.0728. The van der Waals surface area contributed by atoms with Crippen molar-refractivity contribution in [3.8, 4) is 5.75 Å². The predicted octanol–water partition coefficient (Wildman–Crippen LogP) is 1.55. The minimum absolute atomic E-state index is 0.0728. The summed E-state index contributed by atoms with van der Waals surface area (Å²) in [5.74, 6) is 1.10. The zero-order valence-electron chi connectivity index (χ0n) is 15.9. The van der Waals surface area contributed by atoms with Crippen molar-refractivity contribution in [3.05, 3.63) is 29.3 Å². The molecule has 2 unspecified atom stereocenters. The number of rotatable bonds is 4. The van der Waals surface area contributed by atoms with Gasteiger partial charge in [-0.15, -0.1) is 0 Å². The van der Waals surface area contributed by atoms with E-state index in [1.54, 1.807) is 0 Å². The van der Waals surface area contributed by atoms with Gasteiger partial charge < -0.3 is 20.3 Å². The normalized spacial score (nSPS) is 26.6. The summed E-state index contributed by atoms with van der Waals surface area (Å²) < 4.78 is 6.01. The fourth-order valence-corrected chi connectivity index (χ4v) is 4.08. The maximum Gasteiger partial charge on any atom is 0.133 e. The third kappa shape index (κ3) is 3.88. The van der Waals surface area contributed by atoms with Crippen LogP contribution in [0.1, 0.15) is 30.4 Å². The molecule has 0 saturated carbocycles. The van der Waals surface area contributed by atoms with E-state index in [0.717, 1.165) is 56.9 Å². The van der Waals surface area contributed by atoms with Gasteiger partial charge >= 0.3 is 0 Å². The molecule has 4 N–H and O–H groups in total. The first kappa shape index (κ1) is 17.8. The van der Waals surface area contributed by atoms with Gasteiger partial charge in [0, 0.05) is 36.3 Å². The molecule has 0 bridgehead atoms. The monoisotopic (exact) mass is 357 g/mol. The molecule has 2 atom stereocenters. The maximum absolute atomic E-state index is 6.01. The maximum atomic E-state index is 6.01. The first-order valence-electron chi connectivity index (χ1n) is 9.84. The van der Waals surface area contributed by atoms with Crippen molar-refractivity contribution < 1.29 is 4.74 Å². The van der Waals surface area contributed by atoms with Crippen LogP contribution in [0.25, 0.3) is 5.57 Å². The van der Waals surface area contributed by atoms with E-state index in [2.05, 4.69) is 51.4 Å². The van der Waals surface area contributed by atoms with E-state index in [1.807, 2.05) is 7.05 Å². The molecule has 1 saturated heterocycles. The Labute approximate surface area is 156 Å². The van der Waals surface area contributed by atoms with E-state index in [1.165, 1.54) is 23.1 Å². The lowest BCUT2D eigenvalue weighted by molar-refractivity contribution is 0.295. The molecule has 6 heteroatoms. The second-order valence-corrected chi connectivity index (χ2v) is 7.53. The Balaban J connectivity index is 1.59. The molecule has 4 rings (SSSR count). The van der Waals surface area contributed by atoms with Crippen LogP contribution < -0.4 is 26.0 Å². The number of nitrogens with one attached hydrogen (secondary N) is 4. The van der Waals surface area contributed by atoms with Crippen LogP contribution in [0.3, 0.4) is 0 Å². The molecule has 26 heavy (non-hydrogen) atoms. The van der Waals surface area contributed by atoms with Gasteiger partial charge in [0.05, 0.1) is 12.8 Å². The van der Waals surface area contributed by atoms with Crippen LogP contribution in [0.4, 0.5) is 5.69 Å². The van der Waals surface area contributed by atoms with E-state index >= 15 is 0 Å². The second kappa shape index (κ2) is 7.96. The lowest BCUT2D eigenvalue weighted by Crippen LogP contribution is -2.61. The second-order valence-electron chi connectivity index (χ2n) is 7.53. The molecular formula is C20H31N5O. The summed E-state index contributed by atoms with van der Waals surface area (Å²) in [5, 5.41) is 14.0. The number of nitrogens with zero attached hydrogens (tertiary/aromatic N) is 1. The molecule has 0 aromatic heterocycles. The Morgan fingerprint density at radius 1 is 1.27 bits per heavy atom. The first-order chi connectivity index (χ1) is 12.7. The van der Waals surface area contributed by atoms with Gasteiger partial charge in [0.1, 0.15) is 12.0 Å². The van der Waals surface area contributed by atoms with Gasteiger partial charge in [-0.25, -0.2) is 0 Å². The summed E-state index contributed by atoms with van der Waals surface area (Å²) in [6, 6.07) is 4.52. The average molecular weight is 358 g/mol. The first-order valence-corrected chi connectivity index (χ1v) is 9.84. The third-order valence-corrected chi connectivity index (χ3v) is 5.57. The van der Waals surface area contributed by atoms with Crippen LogP contribution in [0.15, 0.2) is 18.2 Å². The number of fused-ring (bicyclic) bond motifs is 1. The van der Waals surface area contributed by atoms with Crippen molar-refractivity contribution in [2.45, 2.75) is 38.1 Å². The summed E-state index contributed by atoms with van der Waals surface area (Å²) in [7, 11) is 4.19. The molecule has 6 nitrogen and oxygen atoms in total. The molecule has 3 aliphatic heterocycles. The third-order valence-electron chi connectivity index (χ3n) is 5.57. The highest BCUT2D eigenvalue weighted by atomic mass is 16.5. The number of anilines is 1. The summed E-state index contributed by atoms with van der Waals surface area (Å²) in [5.41, 5.74) is 5.18. The minimum Gasteiger partial charge on any atom is -0.492 e. The van der Waals surface area contributed by atoms with Crippen molar-refractivity contribution >= 4 is 11.3 Å². The fraction of sp³-hybridized carbons (Fsp3) is 0.600. The Hall–Kier alpha value is -1.60. The Morgan fingerprint density at radius 2 is 2.19 bits per heavy atom. The van der Waals surface area contributed by atoms with Crippen molar-refractivity contribution in [2.75, 3.05) is 45.7 Å². The lowest BCUT2D eigenvalue weighted by atomic mass is 9.97. The van der Waals surface area contributed by atoms with Crippen LogP contribution >= 0.6 is 0 Å². The smallest absolute Gasteiger partial charge is 0.133 e. The number of likely N-dealkylation sites (N-methyl/N-ethyl adjacent to an activating group) is 1. The highest BCUT2D eigenvalue weighted by molar-refractivity contribution is 5.76. The van der Waals surface area contributed by atoms with E-state index in [4.69, 9.17) is 4.74 Å². The molecule has 1 aromatic rings. The van der Waals surface area contributed by atoms with Crippen molar-refractivity contribution in [1.29, 1.82) is 0 Å². The highest BCUT2D eigenvalue weighted by Crippen LogP contribution is 2.39. The zero-order valence-corrected chi connectivity index (χ0v) is 15.9. The molecule has 3 aliphatic rings. The summed E-state index contributed by atoms with van der Waals surface area (Å²) in [4.78, 5) is 2.38. The molecule has 1 fully saturated rings. The molecule has 0 aliphatic carbocycles. The zero-order chi connectivity index (χ0) is 17.9. The van der Waals surface area contributed by atoms with Crippen molar-refractivity contribution in [3.63, 3.8) is 0 Å². The fourth-order valence-electron chi connectivity index (χ4n) is 4.08. The molecule has 142 valence electrons. The van der Waals surface area contributed by atoms with Gasteiger partial charge in [-0.1, -0.05) is 6.08 Å². The quantitative estimate of drug-likeness (QED) is 0.656. The number of ether oxygens (including phenoxy) is 1. The summed E-state index contributed by atoms with van der Waals surface area (Å²) >= 11 is 0. The summed E-state index contributed by atoms with van der Waals surface area (Å²) in [6.07, 6.45) is 7.18.